The molecule has 3 aromatic rings. The first kappa shape index (κ1) is 19.4. The first-order valence-electron chi connectivity index (χ1n) is 10.3. The predicted octanol–water partition coefficient (Wildman–Crippen LogP) is 5.12. The van der Waals surface area contributed by atoms with Crippen LogP contribution in [0.15, 0.2) is 36.7 Å². The van der Waals surface area contributed by atoms with Gasteiger partial charge in [-0.15, -0.1) is 0 Å². The van der Waals surface area contributed by atoms with Crippen molar-refractivity contribution in [1.29, 1.82) is 0 Å². The summed E-state index contributed by atoms with van der Waals surface area (Å²) in [5.74, 6) is 1.32. The number of H-pyrrole nitrogens is 1. The third kappa shape index (κ3) is 3.53. The second-order valence-electron chi connectivity index (χ2n) is 8.14. The largest absolute Gasteiger partial charge is 0.431 e. The number of hydrogen-bond donors (Lipinski definition) is 2. The summed E-state index contributed by atoms with van der Waals surface area (Å²) in [5.41, 5.74) is 1.87. The summed E-state index contributed by atoms with van der Waals surface area (Å²) >= 11 is 0. The third-order valence-electron chi connectivity index (χ3n) is 6.46. The van der Waals surface area contributed by atoms with Crippen molar-refractivity contribution in [3.05, 3.63) is 53.5 Å². The molecule has 0 radical (unpaired) electrons. The summed E-state index contributed by atoms with van der Waals surface area (Å²) in [7, 11) is 0. The fraction of sp³-hybridized carbons (Fsp3) is 0.455. The van der Waals surface area contributed by atoms with Crippen molar-refractivity contribution in [3.63, 3.8) is 0 Å². The lowest BCUT2D eigenvalue weighted by molar-refractivity contribution is -0.140. The van der Waals surface area contributed by atoms with Gasteiger partial charge >= 0.3 is 6.18 Å². The van der Waals surface area contributed by atoms with Gasteiger partial charge in [-0.25, -0.2) is 9.97 Å². The number of hydrogen-bond acceptors (Lipinski definition) is 4. The molecule has 3 heterocycles. The van der Waals surface area contributed by atoms with E-state index in [1.54, 1.807) is 0 Å². The van der Waals surface area contributed by atoms with Gasteiger partial charge in [-0.2, -0.15) is 13.2 Å². The Bertz CT molecular complexity index is 1040. The Kier molecular flexibility index (Phi) is 4.89. The zero-order valence-electron chi connectivity index (χ0n) is 16.4. The van der Waals surface area contributed by atoms with E-state index in [-0.39, 0.29) is 11.7 Å². The molecule has 5 nitrogen and oxygen atoms in total. The van der Waals surface area contributed by atoms with Crippen molar-refractivity contribution in [1.82, 2.24) is 15.0 Å². The maximum atomic E-state index is 13.2. The highest BCUT2D eigenvalue weighted by molar-refractivity contribution is 5.88. The van der Waals surface area contributed by atoms with Gasteiger partial charge in [0.05, 0.1) is 11.4 Å². The number of ether oxygens (including phenoxy) is 1. The van der Waals surface area contributed by atoms with Gasteiger partial charge < -0.3 is 15.0 Å². The van der Waals surface area contributed by atoms with Crippen molar-refractivity contribution in [2.75, 3.05) is 18.5 Å². The van der Waals surface area contributed by atoms with Crippen LogP contribution in [0.4, 0.5) is 19.0 Å². The van der Waals surface area contributed by atoms with Gasteiger partial charge in [0.2, 0.25) is 0 Å². The smallest absolute Gasteiger partial charge is 0.381 e. The quantitative estimate of drug-likeness (QED) is 0.622. The average molecular weight is 416 g/mol. The Morgan fingerprint density at radius 1 is 1.07 bits per heavy atom. The number of nitrogens with one attached hydrogen (secondary N) is 2. The highest BCUT2D eigenvalue weighted by atomic mass is 19.4. The van der Waals surface area contributed by atoms with Crippen LogP contribution in [0.2, 0.25) is 0 Å². The lowest BCUT2D eigenvalue weighted by atomic mass is 9.71. The molecular formula is C22H23F3N4O. The molecule has 5 rings (SSSR count). The predicted molar refractivity (Wildman–Crippen MR) is 107 cm³/mol. The van der Waals surface area contributed by atoms with Crippen LogP contribution in [0.5, 0.6) is 0 Å². The molecule has 1 saturated heterocycles. The van der Waals surface area contributed by atoms with Gasteiger partial charge in [0.25, 0.3) is 0 Å². The Labute approximate surface area is 172 Å². The lowest BCUT2D eigenvalue weighted by Gasteiger charge is -2.40. The van der Waals surface area contributed by atoms with E-state index in [0.717, 1.165) is 45.0 Å². The number of halogens is 3. The van der Waals surface area contributed by atoms with Crippen LogP contribution in [0.25, 0.3) is 11.0 Å². The molecule has 1 aromatic carbocycles. The summed E-state index contributed by atoms with van der Waals surface area (Å²) in [6.45, 7) is 1.53. The van der Waals surface area contributed by atoms with E-state index in [0.29, 0.717) is 23.0 Å². The molecule has 0 saturated carbocycles. The summed E-state index contributed by atoms with van der Waals surface area (Å²) in [6.07, 6.45) is 0.908. The molecule has 0 spiro atoms. The normalized spacial score (nSPS) is 22.8. The van der Waals surface area contributed by atoms with E-state index in [1.807, 2.05) is 12.1 Å². The average Bonchev–Trinajstić information content (AvgIpc) is 3.21. The minimum atomic E-state index is -4.46. The molecular weight excluding hydrogens is 393 g/mol. The van der Waals surface area contributed by atoms with Gasteiger partial charge in [-0.1, -0.05) is 24.3 Å². The number of nitrogens with zero attached hydrogens (tertiary/aromatic N) is 2. The minimum absolute atomic E-state index is 0.0135. The molecule has 1 aliphatic carbocycles. The first-order valence-corrected chi connectivity index (χ1v) is 10.3. The maximum absolute atomic E-state index is 13.2. The number of rotatable bonds is 3. The minimum Gasteiger partial charge on any atom is -0.381 e. The third-order valence-corrected chi connectivity index (χ3v) is 6.46. The van der Waals surface area contributed by atoms with Crippen LogP contribution in [0.1, 0.15) is 42.1 Å². The fourth-order valence-corrected chi connectivity index (χ4v) is 4.98. The molecule has 2 aromatic heterocycles. The first-order chi connectivity index (χ1) is 14.5. The highest BCUT2D eigenvalue weighted by Crippen LogP contribution is 2.44. The number of alkyl halides is 3. The van der Waals surface area contributed by atoms with E-state index in [9.17, 15) is 13.2 Å². The highest BCUT2D eigenvalue weighted by Gasteiger charge is 2.37. The molecule has 0 amide bonds. The Morgan fingerprint density at radius 3 is 2.67 bits per heavy atom. The molecule has 8 heteroatoms. The number of anilines is 1. The molecule has 2 aliphatic rings. The van der Waals surface area contributed by atoms with Crippen LogP contribution in [-0.2, 0) is 17.3 Å². The monoisotopic (exact) mass is 416 g/mol. The lowest BCUT2D eigenvalue weighted by Crippen LogP contribution is -2.35. The Hall–Kier alpha value is -2.61. The molecule has 1 fully saturated rings. The molecule has 158 valence electrons. The maximum Gasteiger partial charge on any atom is 0.431 e. The van der Waals surface area contributed by atoms with Crippen LogP contribution in [0.3, 0.4) is 0 Å². The van der Waals surface area contributed by atoms with Crippen molar-refractivity contribution < 1.29 is 17.9 Å². The fourth-order valence-electron chi connectivity index (χ4n) is 4.98. The topological polar surface area (TPSA) is 62.8 Å². The zero-order valence-corrected chi connectivity index (χ0v) is 16.4. The number of aromatic amines is 1. The SMILES string of the molecule is FC(F)(F)c1cc2c(N[C@@H]3c4ccccc4CC[C@@H]3C3CCOCC3)ncnc2[nH]1. The van der Waals surface area contributed by atoms with Crippen molar-refractivity contribution in [2.24, 2.45) is 11.8 Å². The van der Waals surface area contributed by atoms with E-state index in [2.05, 4.69) is 32.4 Å². The summed E-state index contributed by atoms with van der Waals surface area (Å²) in [4.78, 5) is 10.7. The second kappa shape index (κ2) is 7.58. The van der Waals surface area contributed by atoms with E-state index in [1.165, 1.54) is 17.5 Å². The number of aromatic nitrogens is 3. The van der Waals surface area contributed by atoms with E-state index >= 15 is 0 Å². The second-order valence-corrected chi connectivity index (χ2v) is 8.14. The van der Waals surface area contributed by atoms with Gasteiger partial charge in [0.15, 0.2) is 0 Å². The molecule has 30 heavy (non-hydrogen) atoms. The van der Waals surface area contributed by atoms with Gasteiger partial charge in [-0.3, -0.25) is 0 Å². The van der Waals surface area contributed by atoms with Crippen molar-refractivity contribution in [2.45, 2.75) is 37.9 Å². The van der Waals surface area contributed by atoms with Gasteiger partial charge in [0.1, 0.15) is 23.5 Å². The van der Waals surface area contributed by atoms with E-state index in [4.69, 9.17) is 4.74 Å². The van der Waals surface area contributed by atoms with Crippen molar-refractivity contribution >= 4 is 16.9 Å². The molecule has 2 N–H and O–H groups in total. The summed E-state index contributed by atoms with van der Waals surface area (Å²) in [6, 6.07) is 9.39. The summed E-state index contributed by atoms with van der Waals surface area (Å²) < 4.78 is 45.2. The molecule has 1 aliphatic heterocycles. The number of aryl methyl sites for hydroxylation is 1. The standard InChI is InChI=1S/C22H23F3N4O/c23-22(24,25)18-11-17-20(28-18)26-12-27-21(17)29-19-15-4-2-1-3-13(15)5-6-16(19)14-7-9-30-10-8-14/h1-4,11-12,14,16,19H,5-10H2,(H2,26,27,28,29)/t16-,19-/m1/s1. The van der Waals surface area contributed by atoms with Crippen LogP contribution >= 0.6 is 0 Å². The van der Waals surface area contributed by atoms with Crippen LogP contribution in [0, 0.1) is 11.8 Å². The Balaban J connectivity index is 1.54. The van der Waals surface area contributed by atoms with Gasteiger partial charge in [-0.05, 0) is 54.7 Å². The van der Waals surface area contributed by atoms with Crippen molar-refractivity contribution in [3.8, 4) is 0 Å². The molecule has 2 atom stereocenters. The van der Waals surface area contributed by atoms with Crippen LogP contribution < -0.4 is 5.32 Å². The van der Waals surface area contributed by atoms with Crippen LogP contribution in [-0.4, -0.2) is 28.2 Å². The van der Waals surface area contributed by atoms with Gasteiger partial charge in [0, 0.05) is 13.2 Å². The number of benzene rings is 1. The molecule has 0 unspecified atom stereocenters. The zero-order chi connectivity index (χ0) is 20.7. The molecule has 0 bridgehead atoms. The van der Waals surface area contributed by atoms with E-state index < -0.39 is 11.9 Å². The summed E-state index contributed by atoms with van der Waals surface area (Å²) in [5, 5.41) is 3.87. The number of fused-ring (bicyclic) bond motifs is 2. The Morgan fingerprint density at radius 2 is 1.87 bits per heavy atom.